The molecule has 0 heterocycles. The maximum Gasteiger partial charge on any atom is 0.0464 e. The summed E-state index contributed by atoms with van der Waals surface area (Å²) in [6.07, 6.45) is 0. The molecule has 1 aromatic rings. The Morgan fingerprint density at radius 3 is 2.55 bits per heavy atom. The van der Waals surface area contributed by atoms with E-state index in [2.05, 4.69) is 15.9 Å². The molecule has 1 nitrogen and oxygen atoms in total. The van der Waals surface area contributed by atoms with Crippen molar-refractivity contribution in [2.24, 2.45) is 5.73 Å². The molecule has 0 saturated heterocycles. The molecule has 1 atom stereocenters. The van der Waals surface area contributed by atoms with E-state index in [1.807, 2.05) is 25.1 Å². The Kier molecular flexibility index (Phi) is 2.93. The van der Waals surface area contributed by atoms with Gasteiger partial charge in [-0.2, -0.15) is 0 Å². The van der Waals surface area contributed by atoms with Crippen LogP contribution < -0.4 is 5.73 Å². The van der Waals surface area contributed by atoms with E-state index < -0.39 is 0 Å². The van der Waals surface area contributed by atoms with Crippen LogP contribution >= 0.6 is 27.5 Å². The number of benzene rings is 1. The van der Waals surface area contributed by atoms with Crippen LogP contribution in [0.3, 0.4) is 0 Å². The molecule has 0 amide bonds. The highest BCUT2D eigenvalue weighted by molar-refractivity contribution is 9.10. The maximum atomic E-state index is 5.91. The molecule has 60 valence electrons. The topological polar surface area (TPSA) is 26.0 Å². The van der Waals surface area contributed by atoms with E-state index in [0.29, 0.717) is 0 Å². The summed E-state index contributed by atoms with van der Waals surface area (Å²) in [6, 6.07) is 5.63. The molecule has 0 bridgehead atoms. The molecule has 11 heavy (non-hydrogen) atoms. The predicted octanol–water partition coefficient (Wildman–Crippen LogP) is 3.12. The van der Waals surface area contributed by atoms with Gasteiger partial charge in [-0.25, -0.2) is 0 Å². The Hall–Kier alpha value is -0.0500. The largest absolute Gasteiger partial charge is 0.324 e. The summed E-state index contributed by atoms with van der Waals surface area (Å²) < 4.78 is 0.972. The van der Waals surface area contributed by atoms with Gasteiger partial charge in [-0.05, 0) is 19.1 Å². The van der Waals surface area contributed by atoms with E-state index in [1.54, 1.807) is 0 Å². The smallest absolute Gasteiger partial charge is 0.0464 e. The van der Waals surface area contributed by atoms with Crippen molar-refractivity contribution in [3.63, 3.8) is 0 Å². The zero-order valence-electron chi connectivity index (χ0n) is 6.14. The summed E-state index contributed by atoms with van der Waals surface area (Å²) in [7, 11) is 0. The summed E-state index contributed by atoms with van der Waals surface area (Å²) in [5, 5.41) is 0.717. The van der Waals surface area contributed by atoms with E-state index in [-0.39, 0.29) is 6.04 Å². The first-order chi connectivity index (χ1) is 5.13. The average molecular weight is 235 g/mol. The van der Waals surface area contributed by atoms with Crippen LogP contribution in [0, 0.1) is 0 Å². The third-order valence-electron chi connectivity index (χ3n) is 1.46. The molecule has 1 rings (SSSR count). The summed E-state index contributed by atoms with van der Waals surface area (Å²) in [5.41, 5.74) is 6.67. The summed E-state index contributed by atoms with van der Waals surface area (Å²) in [6.45, 7) is 1.91. The van der Waals surface area contributed by atoms with Gasteiger partial charge in [0, 0.05) is 21.1 Å². The second-order valence-electron chi connectivity index (χ2n) is 2.42. The van der Waals surface area contributed by atoms with Crippen molar-refractivity contribution in [1.82, 2.24) is 0 Å². The average Bonchev–Trinajstić information content (AvgIpc) is 1.85. The standard InChI is InChI=1S/C8H9BrClN/c1-5(11)8-6(9)3-2-4-7(8)10/h2-5H,11H2,1H3. The lowest BCUT2D eigenvalue weighted by atomic mass is 10.1. The second-order valence-corrected chi connectivity index (χ2v) is 3.69. The Balaban J connectivity index is 3.21. The van der Waals surface area contributed by atoms with Crippen molar-refractivity contribution in [3.8, 4) is 0 Å². The van der Waals surface area contributed by atoms with E-state index in [0.717, 1.165) is 15.1 Å². The van der Waals surface area contributed by atoms with E-state index in [1.165, 1.54) is 0 Å². The lowest BCUT2D eigenvalue weighted by molar-refractivity contribution is 0.813. The van der Waals surface area contributed by atoms with Crippen molar-refractivity contribution >= 4 is 27.5 Å². The minimum absolute atomic E-state index is 0.0296. The normalized spacial score (nSPS) is 13.1. The number of halogens is 2. The zero-order valence-corrected chi connectivity index (χ0v) is 8.48. The van der Waals surface area contributed by atoms with Crippen LogP contribution in [0.1, 0.15) is 18.5 Å². The van der Waals surface area contributed by atoms with Gasteiger partial charge in [0.1, 0.15) is 0 Å². The molecule has 0 spiro atoms. The highest BCUT2D eigenvalue weighted by Crippen LogP contribution is 2.28. The van der Waals surface area contributed by atoms with Crippen LogP contribution in [0.25, 0.3) is 0 Å². The number of hydrogen-bond donors (Lipinski definition) is 1. The number of nitrogens with two attached hydrogens (primary N) is 1. The third kappa shape index (κ3) is 1.95. The fourth-order valence-corrected chi connectivity index (χ4v) is 2.13. The molecule has 0 aliphatic rings. The fraction of sp³-hybridized carbons (Fsp3) is 0.250. The second kappa shape index (κ2) is 3.57. The third-order valence-corrected chi connectivity index (χ3v) is 2.48. The molecule has 0 saturated carbocycles. The SMILES string of the molecule is CC(N)c1c(Cl)cccc1Br. The minimum Gasteiger partial charge on any atom is -0.324 e. The van der Waals surface area contributed by atoms with Crippen LogP contribution in [0.5, 0.6) is 0 Å². The molecule has 2 N–H and O–H groups in total. The van der Waals surface area contributed by atoms with Crippen LogP contribution in [0.15, 0.2) is 22.7 Å². The highest BCUT2D eigenvalue weighted by Gasteiger charge is 2.07. The van der Waals surface area contributed by atoms with Gasteiger partial charge in [0.25, 0.3) is 0 Å². The first kappa shape index (κ1) is 9.04. The first-order valence-electron chi connectivity index (χ1n) is 3.32. The highest BCUT2D eigenvalue weighted by atomic mass is 79.9. The van der Waals surface area contributed by atoms with Crippen LogP contribution in [0.2, 0.25) is 5.02 Å². The fourth-order valence-electron chi connectivity index (χ4n) is 0.946. The molecule has 1 unspecified atom stereocenters. The Morgan fingerprint density at radius 2 is 2.18 bits per heavy atom. The van der Waals surface area contributed by atoms with Gasteiger partial charge in [-0.3, -0.25) is 0 Å². The van der Waals surface area contributed by atoms with Gasteiger partial charge in [0.2, 0.25) is 0 Å². The lowest BCUT2D eigenvalue weighted by Gasteiger charge is -2.09. The Bertz CT molecular complexity index is 240. The van der Waals surface area contributed by atoms with Gasteiger partial charge in [-0.1, -0.05) is 33.6 Å². The van der Waals surface area contributed by atoms with E-state index in [9.17, 15) is 0 Å². The van der Waals surface area contributed by atoms with Crippen LogP contribution in [-0.2, 0) is 0 Å². The zero-order chi connectivity index (χ0) is 8.43. The van der Waals surface area contributed by atoms with E-state index >= 15 is 0 Å². The maximum absolute atomic E-state index is 5.91. The summed E-state index contributed by atoms with van der Waals surface area (Å²) in [4.78, 5) is 0. The van der Waals surface area contributed by atoms with Crippen molar-refractivity contribution < 1.29 is 0 Å². The molecule has 0 fully saturated rings. The first-order valence-corrected chi connectivity index (χ1v) is 4.49. The molecule has 3 heteroatoms. The number of hydrogen-bond acceptors (Lipinski definition) is 1. The van der Waals surface area contributed by atoms with Gasteiger partial charge in [0.05, 0.1) is 0 Å². The van der Waals surface area contributed by atoms with Crippen LogP contribution in [0.4, 0.5) is 0 Å². The molecular formula is C8H9BrClN. The lowest BCUT2D eigenvalue weighted by Crippen LogP contribution is -2.06. The van der Waals surface area contributed by atoms with E-state index in [4.69, 9.17) is 17.3 Å². The Morgan fingerprint density at radius 1 is 1.55 bits per heavy atom. The van der Waals surface area contributed by atoms with Gasteiger partial charge >= 0.3 is 0 Å². The van der Waals surface area contributed by atoms with Crippen LogP contribution in [-0.4, -0.2) is 0 Å². The monoisotopic (exact) mass is 233 g/mol. The summed E-state index contributed by atoms with van der Waals surface area (Å²) in [5.74, 6) is 0. The summed E-state index contributed by atoms with van der Waals surface area (Å²) >= 11 is 9.30. The van der Waals surface area contributed by atoms with Crippen molar-refractivity contribution in [2.45, 2.75) is 13.0 Å². The molecule has 0 aromatic heterocycles. The molecule has 0 radical (unpaired) electrons. The van der Waals surface area contributed by atoms with Gasteiger partial charge in [-0.15, -0.1) is 0 Å². The molecule has 0 aliphatic carbocycles. The van der Waals surface area contributed by atoms with Gasteiger partial charge < -0.3 is 5.73 Å². The van der Waals surface area contributed by atoms with Gasteiger partial charge in [0.15, 0.2) is 0 Å². The van der Waals surface area contributed by atoms with Crippen molar-refractivity contribution in [1.29, 1.82) is 0 Å². The van der Waals surface area contributed by atoms with Crippen molar-refractivity contribution in [3.05, 3.63) is 33.3 Å². The quantitative estimate of drug-likeness (QED) is 0.794. The number of rotatable bonds is 1. The molecular weight excluding hydrogens is 225 g/mol. The predicted molar refractivity (Wildman–Crippen MR) is 51.8 cm³/mol. The Labute approximate surface area is 79.7 Å². The van der Waals surface area contributed by atoms with Crippen molar-refractivity contribution in [2.75, 3.05) is 0 Å². The minimum atomic E-state index is -0.0296. The molecule has 1 aromatic carbocycles. The molecule has 0 aliphatic heterocycles.